The van der Waals surface area contributed by atoms with E-state index >= 15 is 0 Å². The van der Waals surface area contributed by atoms with Gasteiger partial charge in [0.2, 0.25) is 5.91 Å². The zero-order chi connectivity index (χ0) is 13.7. The first-order valence-corrected chi connectivity index (χ1v) is 7.83. The lowest BCUT2D eigenvalue weighted by molar-refractivity contribution is -0.119. The van der Waals surface area contributed by atoms with Gasteiger partial charge in [-0.05, 0) is 49.8 Å². The Morgan fingerprint density at radius 3 is 2.79 bits per heavy atom. The lowest BCUT2D eigenvalue weighted by Gasteiger charge is -2.26. The molecule has 1 amide bonds. The van der Waals surface area contributed by atoms with Crippen molar-refractivity contribution in [3.63, 3.8) is 0 Å². The standard InChI is InChI=1S/C15H21NO2S/c1-11-5-7-12(8-6-11)16-15(18)10-19-14-4-2-3-13(17)9-14/h2-4,9,11-12,17H,5-8,10H2,1H3,(H,16,18). The second kappa shape index (κ2) is 6.85. The summed E-state index contributed by atoms with van der Waals surface area (Å²) in [4.78, 5) is 12.8. The Bertz CT molecular complexity index is 428. The molecular formula is C15H21NO2S. The van der Waals surface area contributed by atoms with Crippen LogP contribution in [0, 0.1) is 5.92 Å². The molecule has 0 bridgehead atoms. The second-order valence-corrected chi connectivity index (χ2v) is 6.36. The van der Waals surface area contributed by atoms with Crippen molar-refractivity contribution in [3.8, 4) is 5.75 Å². The van der Waals surface area contributed by atoms with Gasteiger partial charge in [-0.3, -0.25) is 4.79 Å². The van der Waals surface area contributed by atoms with Crippen molar-refractivity contribution in [3.05, 3.63) is 24.3 Å². The summed E-state index contributed by atoms with van der Waals surface area (Å²) in [6, 6.07) is 7.36. The molecule has 0 heterocycles. The van der Waals surface area contributed by atoms with Crippen molar-refractivity contribution < 1.29 is 9.90 Å². The van der Waals surface area contributed by atoms with Crippen LogP contribution in [0.25, 0.3) is 0 Å². The van der Waals surface area contributed by atoms with Gasteiger partial charge in [-0.15, -0.1) is 11.8 Å². The topological polar surface area (TPSA) is 49.3 Å². The van der Waals surface area contributed by atoms with Crippen molar-refractivity contribution in [2.24, 2.45) is 5.92 Å². The number of benzene rings is 1. The Labute approximate surface area is 118 Å². The number of amides is 1. The van der Waals surface area contributed by atoms with E-state index in [-0.39, 0.29) is 11.7 Å². The first kappa shape index (κ1) is 14.3. The zero-order valence-corrected chi connectivity index (χ0v) is 12.1. The fourth-order valence-corrected chi connectivity index (χ4v) is 3.16. The highest BCUT2D eigenvalue weighted by atomic mass is 32.2. The summed E-state index contributed by atoms with van der Waals surface area (Å²) in [6.45, 7) is 2.27. The van der Waals surface area contributed by atoms with Gasteiger partial charge in [0.15, 0.2) is 0 Å². The van der Waals surface area contributed by atoms with Gasteiger partial charge in [-0.1, -0.05) is 13.0 Å². The molecule has 2 N–H and O–H groups in total. The normalized spacial score (nSPS) is 23.0. The molecule has 1 aromatic rings. The number of carbonyl (C=O) groups is 1. The fraction of sp³-hybridized carbons (Fsp3) is 0.533. The molecule has 0 aliphatic heterocycles. The highest BCUT2D eigenvalue weighted by molar-refractivity contribution is 8.00. The van der Waals surface area contributed by atoms with Crippen LogP contribution in [0.3, 0.4) is 0 Å². The molecule has 1 saturated carbocycles. The largest absolute Gasteiger partial charge is 0.508 e. The number of nitrogens with one attached hydrogen (secondary N) is 1. The Hall–Kier alpha value is -1.16. The highest BCUT2D eigenvalue weighted by Gasteiger charge is 2.19. The molecule has 4 heteroatoms. The molecule has 104 valence electrons. The van der Waals surface area contributed by atoms with Gasteiger partial charge in [0.1, 0.15) is 5.75 Å². The van der Waals surface area contributed by atoms with E-state index in [2.05, 4.69) is 12.2 Å². The average molecular weight is 279 g/mol. The van der Waals surface area contributed by atoms with E-state index in [0.717, 1.165) is 23.7 Å². The van der Waals surface area contributed by atoms with Crippen LogP contribution >= 0.6 is 11.8 Å². The third-order valence-electron chi connectivity index (χ3n) is 3.57. The van der Waals surface area contributed by atoms with E-state index in [1.165, 1.54) is 24.6 Å². The minimum absolute atomic E-state index is 0.0906. The predicted octanol–water partition coefficient (Wildman–Crippen LogP) is 3.18. The first-order valence-electron chi connectivity index (χ1n) is 6.84. The van der Waals surface area contributed by atoms with Crippen LogP contribution in [0.15, 0.2) is 29.2 Å². The van der Waals surface area contributed by atoms with E-state index in [9.17, 15) is 9.90 Å². The van der Waals surface area contributed by atoms with Crippen molar-refractivity contribution in [1.82, 2.24) is 5.32 Å². The summed E-state index contributed by atoms with van der Waals surface area (Å²) < 4.78 is 0. The molecule has 19 heavy (non-hydrogen) atoms. The number of carbonyl (C=O) groups excluding carboxylic acids is 1. The van der Waals surface area contributed by atoms with Gasteiger partial charge < -0.3 is 10.4 Å². The summed E-state index contributed by atoms with van der Waals surface area (Å²) in [5.41, 5.74) is 0. The smallest absolute Gasteiger partial charge is 0.230 e. The Morgan fingerprint density at radius 1 is 1.37 bits per heavy atom. The fourth-order valence-electron chi connectivity index (χ4n) is 2.40. The molecule has 1 aliphatic carbocycles. The molecule has 2 rings (SSSR count). The molecule has 0 spiro atoms. The number of rotatable bonds is 4. The molecule has 3 nitrogen and oxygen atoms in total. The van der Waals surface area contributed by atoms with Crippen LogP contribution in [0.5, 0.6) is 5.75 Å². The van der Waals surface area contributed by atoms with Crippen LogP contribution < -0.4 is 5.32 Å². The molecule has 0 atom stereocenters. The Kier molecular flexibility index (Phi) is 5.14. The van der Waals surface area contributed by atoms with E-state index in [4.69, 9.17) is 0 Å². The maximum absolute atomic E-state index is 11.9. The Balaban J connectivity index is 1.73. The van der Waals surface area contributed by atoms with Crippen LogP contribution in [-0.2, 0) is 4.79 Å². The zero-order valence-electron chi connectivity index (χ0n) is 11.3. The SMILES string of the molecule is CC1CCC(NC(=O)CSc2cccc(O)c2)CC1. The van der Waals surface area contributed by atoms with E-state index in [1.807, 2.05) is 6.07 Å². The van der Waals surface area contributed by atoms with Gasteiger partial charge in [-0.25, -0.2) is 0 Å². The third kappa shape index (κ3) is 4.78. The van der Waals surface area contributed by atoms with Crippen LogP contribution in [0.4, 0.5) is 0 Å². The molecular weight excluding hydrogens is 258 g/mol. The van der Waals surface area contributed by atoms with Crippen LogP contribution in [0.1, 0.15) is 32.6 Å². The molecule has 1 fully saturated rings. The molecule has 1 aromatic carbocycles. The van der Waals surface area contributed by atoms with Crippen molar-refractivity contribution in [2.75, 3.05) is 5.75 Å². The summed E-state index contributed by atoms with van der Waals surface area (Å²) >= 11 is 1.46. The predicted molar refractivity (Wildman–Crippen MR) is 78.4 cm³/mol. The van der Waals surface area contributed by atoms with Crippen molar-refractivity contribution >= 4 is 17.7 Å². The molecule has 0 saturated heterocycles. The molecule has 0 radical (unpaired) electrons. The van der Waals surface area contributed by atoms with E-state index in [0.29, 0.717) is 11.8 Å². The first-order chi connectivity index (χ1) is 9.13. The molecule has 0 unspecified atom stereocenters. The van der Waals surface area contributed by atoms with Crippen LogP contribution in [-0.4, -0.2) is 22.8 Å². The van der Waals surface area contributed by atoms with Gasteiger partial charge in [-0.2, -0.15) is 0 Å². The molecule has 1 aliphatic rings. The summed E-state index contributed by atoms with van der Waals surface area (Å²) in [5, 5.41) is 12.5. The van der Waals surface area contributed by atoms with E-state index < -0.39 is 0 Å². The highest BCUT2D eigenvalue weighted by Crippen LogP contribution is 2.24. The summed E-state index contributed by atoms with van der Waals surface area (Å²) in [5.74, 6) is 1.55. The minimum atomic E-state index is 0.0906. The monoisotopic (exact) mass is 279 g/mol. The number of phenolic OH excluding ortho intramolecular Hbond substituents is 1. The van der Waals surface area contributed by atoms with E-state index in [1.54, 1.807) is 18.2 Å². The average Bonchev–Trinajstić information content (AvgIpc) is 2.39. The maximum Gasteiger partial charge on any atom is 0.230 e. The number of phenols is 1. The van der Waals surface area contributed by atoms with Gasteiger partial charge >= 0.3 is 0 Å². The summed E-state index contributed by atoms with van der Waals surface area (Å²) in [6.07, 6.45) is 4.63. The number of hydrogen-bond acceptors (Lipinski definition) is 3. The maximum atomic E-state index is 11.9. The molecule has 0 aromatic heterocycles. The lowest BCUT2D eigenvalue weighted by Crippen LogP contribution is -2.38. The van der Waals surface area contributed by atoms with Crippen molar-refractivity contribution in [1.29, 1.82) is 0 Å². The second-order valence-electron chi connectivity index (χ2n) is 5.31. The van der Waals surface area contributed by atoms with Crippen LogP contribution in [0.2, 0.25) is 0 Å². The quantitative estimate of drug-likeness (QED) is 0.832. The Morgan fingerprint density at radius 2 is 2.11 bits per heavy atom. The number of hydrogen-bond donors (Lipinski definition) is 2. The van der Waals surface area contributed by atoms with Gasteiger partial charge in [0.25, 0.3) is 0 Å². The van der Waals surface area contributed by atoms with Gasteiger partial charge in [0.05, 0.1) is 5.75 Å². The minimum Gasteiger partial charge on any atom is -0.508 e. The van der Waals surface area contributed by atoms with Crippen molar-refractivity contribution in [2.45, 2.75) is 43.5 Å². The van der Waals surface area contributed by atoms with Gasteiger partial charge in [0, 0.05) is 10.9 Å². The third-order valence-corrected chi connectivity index (χ3v) is 4.56. The number of aromatic hydroxyl groups is 1. The number of thioether (sulfide) groups is 1. The lowest BCUT2D eigenvalue weighted by atomic mass is 9.87. The summed E-state index contributed by atoms with van der Waals surface area (Å²) in [7, 11) is 0.